The lowest BCUT2D eigenvalue weighted by Gasteiger charge is -2.36. The highest BCUT2D eigenvalue weighted by atomic mass is 35.5. The van der Waals surface area contributed by atoms with Crippen molar-refractivity contribution in [3.63, 3.8) is 0 Å². The van der Waals surface area contributed by atoms with Crippen LogP contribution in [-0.2, 0) is 25.9 Å². The van der Waals surface area contributed by atoms with Crippen LogP contribution in [0.25, 0.3) is 0 Å². The number of hydrogen-bond acceptors (Lipinski definition) is 8. The number of amides is 3. The third-order valence-electron chi connectivity index (χ3n) is 8.06. The van der Waals surface area contributed by atoms with Crippen molar-refractivity contribution in [2.24, 2.45) is 11.8 Å². The van der Waals surface area contributed by atoms with Gasteiger partial charge in [0, 0.05) is 56.9 Å². The van der Waals surface area contributed by atoms with Gasteiger partial charge in [-0.2, -0.15) is 13.2 Å². The number of anilines is 2. The Morgan fingerprint density at radius 1 is 0.978 bits per heavy atom. The molecule has 12 nitrogen and oxygen atoms in total. The van der Waals surface area contributed by atoms with Gasteiger partial charge in [-0.05, 0) is 31.7 Å². The number of ether oxygens (including phenoxy) is 1. The van der Waals surface area contributed by atoms with Crippen LogP contribution in [0.5, 0.6) is 0 Å². The third kappa shape index (κ3) is 9.24. The predicted octanol–water partition coefficient (Wildman–Crippen LogP) is 5.13. The Morgan fingerprint density at radius 2 is 1.65 bits per heavy atom. The molecule has 16 heteroatoms. The van der Waals surface area contributed by atoms with Crippen LogP contribution >= 0.6 is 11.6 Å². The van der Waals surface area contributed by atoms with E-state index in [1.165, 1.54) is 0 Å². The normalized spacial score (nSPS) is 20.9. The number of hydrogen-bond donors (Lipinski definition) is 2. The van der Waals surface area contributed by atoms with Gasteiger partial charge in [-0.15, -0.1) is 0 Å². The van der Waals surface area contributed by atoms with Crippen LogP contribution in [0.15, 0.2) is 22.9 Å². The second-order valence-corrected chi connectivity index (χ2v) is 13.0. The lowest BCUT2D eigenvalue weighted by Crippen LogP contribution is -2.51. The number of carboxylic acids is 1. The zero-order valence-electron chi connectivity index (χ0n) is 26.1. The van der Waals surface area contributed by atoms with Crippen molar-refractivity contribution in [3.05, 3.63) is 34.7 Å². The van der Waals surface area contributed by atoms with E-state index < -0.39 is 23.6 Å². The first-order valence-corrected chi connectivity index (χ1v) is 15.6. The molecule has 3 amide bonds. The predicted molar refractivity (Wildman–Crippen MR) is 163 cm³/mol. The summed E-state index contributed by atoms with van der Waals surface area (Å²) in [6.07, 6.45) is -0.986. The number of carboxylic acid groups (broad SMARTS) is 1. The van der Waals surface area contributed by atoms with E-state index >= 15 is 0 Å². The number of carbonyl (C=O) groups is 3. The van der Waals surface area contributed by atoms with Gasteiger partial charge in [0.25, 0.3) is 0 Å². The molecule has 46 heavy (non-hydrogen) atoms. The molecule has 0 saturated carbocycles. The molecule has 0 aliphatic carbocycles. The summed E-state index contributed by atoms with van der Waals surface area (Å²) in [6, 6.07) is 2.50. The van der Waals surface area contributed by atoms with Crippen molar-refractivity contribution in [1.29, 1.82) is 0 Å². The molecule has 3 aliphatic heterocycles. The van der Waals surface area contributed by atoms with Crippen LogP contribution in [0.1, 0.15) is 57.8 Å². The smallest absolute Gasteiger partial charge is 0.417 e. The molecule has 0 bridgehead atoms. The van der Waals surface area contributed by atoms with Crippen molar-refractivity contribution in [2.75, 3.05) is 62.7 Å². The highest BCUT2D eigenvalue weighted by Crippen LogP contribution is 2.35. The van der Waals surface area contributed by atoms with E-state index in [1.54, 1.807) is 20.8 Å². The maximum absolute atomic E-state index is 12.8. The van der Waals surface area contributed by atoms with Gasteiger partial charge in [0.2, 0.25) is 5.91 Å². The summed E-state index contributed by atoms with van der Waals surface area (Å²) < 4.78 is 48.9. The molecule has 0 aromatic carbocycles. The number of rotatable bonds is 4. The van der Waals surface area contributed by atoms with Gasteiger partial charge >= 0.3 is 18.2 Å². The standard InChI is InChI=1S/C19H22ClF3N4O2.C11H18N2O4/c1-18(2,3)14-8-15(26-29-14)25-17(28)11-5-4-6-27(10-11)16-13(20)7-12(9-24-16)19(21,22)23;14-10(15)9-2-1-3-13(8-9)11(16)12-4-6-17-7-5-12/h7-9,11H,4-6,10H2,1-3H3,(H,25,26,28);9H,1-8H2,(H,14,15). The van der Waals surface area contributed by atoms with Crippen molar-refractivity contribution >= 4 is 41.1 Å². The third-order valence-corrected chi connectivity index (χ3v) is 8.34. The van der Waals surface area contributed by atoms with Gasteiger partial charge in [-0.1, -0.05) is 37.5 Å². The van der Waals surface area contributed by atoms with Crippen LogP contribution in [0.4, 0.5) is 29.6 Å². The van der Waals surface area contributed by atoms with E-state index in [4.69, 9.17) is 26.0 Å². The number of urea groups is 1. The number of piperidine rings is 2. The van der Waals surface area contributed by atoms with Crippen LogP contribution in [0.2, 0.25) is 5.02 Å². The average Bonchev–Trinajstić information content (AvgIpc) is 3.50. The monoisotopic (exact) mass is 672 g/mol. The maximum atomic E-state index is 12.8. The topological polar surface area (TPSA) is 141 Å². The molecule has 2 atom stereocenters. The average molecular weight is 673 g/mol. The molecule has 3 aliphatic rings. The first-order valence-electron chi connectivity index (χ1n) is 15.2. The Kier molecular flexibility index (Phi) is 11.4. The van der Waals surface area contributed by atoms with Crippen molar-refractivity contribution in [1.82, 2.24) is 19.9 Å². The molecular weight excluding hydrogens is 633 g/mol. The lowest BCUT2D eigenvalue weighted by atomic mass is 9.93. The van der Waals surface area contributed by atoms with Gasteiger partial charge in [-0.3, -0.25) is 9.59 Å². The Bertz CT molecular complexity index is 1380. The van der Waals surface area contributed by atoms with Gasteiger partial charge in [-0.25, -0.2) is 9.78 Å². The van der Waals surface area contributed by atoms with Crippen LogP contribution in [-0.4, -0.2) is 95.4 Å². The summed E-state index contributed by atoms with van der Waals surface area (Å²) in [7, 11) is 0. The summed E-state index contributed by atoms with van der Waals surface area (Å²) in [5.41, 5.74) is -1.14. The van der Waals surface area contributed by atoms with Gasteiger partial charge in [0.15, 0.2) is 5.82 Å². The molecule has 2 unspecified atom stereocenters. The van der Waals surface area contributed by atoms with E-state index in [0.717, 1.165) is 18.7 Å². The molecule has 5 rings (SSSR count). The second-order valence-electron chi connectivity index (χ2n) is 12.6. The van der Waals surface area contributed by atoms with Crippen molar-refractivity contribution in [3.8, 4) is 0 Å². The molecule has 5 heterocycles. The highest BCUT2D eigenvalue weighted by Gasteiger charge is 2.34. The number of nitrogens with one attached hydrogen (secondary N) is 1. The fourth-order valence-corrected chi connectivity index (χ4v) is 5.71. The highest BCUT2D eigenvalue weighted by molar-refractivity contribution is 6.33. The number of aliphatic carboxylic acids is 1. The largest absolute Gasteiger partial charge is 0.481 e. The second kappa shape index (κ2) is 14.9. The molecule has 2 aromatic heterocycles. The van der Waals surface area contributed by atoms with E-state index in [0.29, 0.717) is 83.3 Å². The molecule has 3 saturated heterocycles. The fraction of sp³-hybridized carbons (Fsp3) is 0.633. The van der Waals surface area contributed by atoms with E-state index in [9.17, 15) is 27.6 Å². The molecule has 0 radical (unpaired) electrons. The van der Waals surface area contributed by atoms with E-state index in [-0.39, 0.29) is 34.1 Å². The summed E-state index contributed by atoms with van der Waals surface area (Å²) >= 11 is 6.04. The van der Waals surface area contributed by atoms with E-state index in [2.05, 4.69) is 15.5 Å². The van der Waals surface area contributed by atoms with Crippen molar-refractivity contribution in [2.45, 2.75) is 58.0 Å². The van der Waals surface area contributed by atoms with Gasteiger partial charge in [0.05, 0.1) is 35.6 Å². The van der Waals surface area contributed by atoms with Crippen molar-refractivity contribution < 1.29 is 41.9 Å². The number of alkyl halides is 3. The first kappa shape index (κ1) is 35.3. The number of likely N-dealkylation sites (tertiary alicyclic amines) is 1. The minimum absolute atomic E-state index is 0.0424. The van der Waals surface area contributed by atoms with Crippen LogP contribution in [0.3, 0.4) is 0 Å². The number of halogens is 4. The Morgan fingerprint density at radius 3 is 2.26 bits per heavy atom. The molecular formula is C30H40ClF3N6O6. The number of morpholine rings is 1. The number of carbonyl (C=O) groups excluding carboxylic acids is 2. The number of pyridine rings is 1. The van der Waals surface area contributed by atoms with Gasteiger partial charge in [0.1, 0.15) is 11.6 Å². The van der Waals surface area contributed by atoms with Gasteiger partial charge < -0.3 is 34.4 Å². The SMILES string of the molecule is CC(C)(C)c1cc(NC(=O)C2CCCN(c3ncc(C(F)(F)F)cc3Cl)C2)no1.O=C(O)C1CCCN(C(=O)N2CCOCC2)C1. The molecule has 2 aromatic rings. The fourth-order valence-electron chi connectivity index (χ4n) is 5.42. The lowest BCUT2D eigenvalue weighted by molar-refractivity contribution is -0.143. The summed E-state index contributed by atoms with van der Waals surface area (Å²) in [4.78, 5) is 44.7. The first-order chi connectivity index (χ1) is 21.6. The molecule has 0 spiro atoms. The van der Waals surface area contributed by atoms with Crippen LogP contribution < -0.4 is 10.2 Å². The molecule has 254 valence electrons. The zero-order chi connectivity index (χ0) is 33.6. The number of nitrogens with zero attached hydrogens (tertiary/aromatic N) is 5. The minimum Gasteiger partial charge on any atom is -0.481 e. The Labute approximate surface area is 270 Å². The zero-order valence-corrected chi connectivity index (χ0v) is 26.9. The number of aromatic nitrogens is 2. The molecule has 3 fully saturated rings. The summed E-state index contributed by atoms with van der Waals surface area (Å²) in [6.45, 7) is 10.1. The Hall–Kier alpha value is -3.59. The maximum Gasteiger partial charge on any atom is 0.417 e. The minimum atomic E-state index is -4.51. The summed E-state index contributed by atoms with van der Waals surface area (Å²) in [5.74, 6) is -0.585. The summed E-state index contributed by atoms with van der Waals surface area (Å²) in [5, 5.41) is 15.5. The molecule has 2 N–H and O–H groups in total. The Balaban J connectivity index is 0.000000240. The van der Waals surface area contributed by atoms with E-state index in [1.807, 2.05) is 20.8 Å². The van der Waals surface area contributed by atoms with Crippen LogP contribution in [0, 0.1) is 11.8 Å². The quantitative estimate of drug-likeness (QED) is 0.452.